The molecule has 1 aromatic carbocycles. The number of guanidine groups is 1. The van der Waals surface area contributed by atoms with Gasteiger partial charge in [0.25, 0.3) is 0 Å². The highest BCUT2D eigenvalue weighted by atomic mass is 127. The molecule has 0 bridgehead atoms. The summed E-state index contributed by atoms with van der Waals surface area (Å²) in [6.45, 7) is 6.39. The lowest BCUT2D eigenvalue weighted by Crippen LogP contribution is -2.40. The van der Waals surface area contributed by atoms with E-state index in [9.17, 15) is 0 Å². The predicted octanol–water partition coefficient (Wildman–Crippen LogP) is 2.61. The number of nitrogens with zero attached hydrogens (tertiary/aromatic N) is 3. The Labute approximate surface area is 155 Å². The molecular weight excluding hydrogens is 403 g/mol. The lowest BCUT2D eigenvalue weighted by atomic mass is 10.1. The maximum absolute atomic E-state index is 8.82. The molecule has 1 saturated heterocycles. The van der Waals surface area contributed by atoms with Gasteiger partial charge in [0, 0.05) is 32.7 Å². The van der Waals surface area contributed by atoms with E-state index in [0.29, 0.717) is 18.0 Å². The first kappa shape index (κ1) is 19.7. The van der Waals surface area contributed by atoms with E-state index in [1.165, 1.54) is 0 Å². The molecular formula is C17H25IN4O. The van der Waals surface area contributed by atoms with E-state index in [-0.39, 0.29) is 24.0 Å². The van der Waals surface area contributed by atoms with Crippen molar-refractivity contribution in [2.45, 2.75) is 19.9 Å². The molecule has 1 aromatic rings. The molecule has 6 heteroatoms. The number of hydrogen-bond donors (Lipinski definition) is 1. The van der Waals surface area contributed by atoms with Crippen molar-refractivity contribution in [3.8, 4) is 6.07 Å². The van der Waals surface area contributed by atoms with E-state index in [4.69, 9.17) is 15.0 Å². The van der Waals surface area contributed by atoms with Gasteiger partial charge in [0.1, 0.15) is 0 Å². The number of aliphatic imine (C=N–C) groups is 1. The number of likely N-dealkylation sites (tertiary alicyclic amines) is 1. The van der Waals surface area contributed by atoms with Crippen LogP contribution in [0.1, 0.15) is 24.5 Å². The number of ether oxygens (including phenoxy) is 1. The minimum Gasteiger partial charge on any atom is -0.384 e. The lowest BCUT2D eigenvalue weighted by Gasteiger charge is -2.21. The number of methoxy groups -OCH3 is 1. The zero-order chi connectivity index (χ0) is 15.8. The van der Waals surface area contributed by atoms with Crippen LogP contribution in [0.3, 0.4) is 0 Å². The summed E-state index contributed by atoms with van der Waals surface area (Å²) in [6.07, 6.45) is 1.15. The zero-order valence-electron chi connectivity index (χ0n) is 13.8. The summed E-state index contributed by atoms with van der Waals surface area (Å²) < 4.78 is 5.25. The van der Waals surface area contributed by atoms with Gasteiger partial charge in [-0.3, -0.25) is 0 Å². The van der Waals surface area contributed by atoms with Crippen molar-refractivity contribution in [3.63, 3.8) is 0 Å². The first-order chi connectivity index (χ1) is 10.8. The number of halogens is 1. The van der Waals surface area contributed by atoms with Crippen molar-refractivity contribution >= 4 is 29.9 Å². The minimum atomic E-state index is 0. The van der Waals surface area contributed by atoms with Crippen LogP contribution in [0.4, 0.5) is 0 Å². The van der Waals surface area contributed by atoms with Crippen molar-refractivity contribution in [1.82, 2.24) is 10.2 Å². The normalized spacial score (nSPS) is 17.5. The molecule has 1 N–H and O–H groups in total. The van der Waals surface area contributed by atoms with Crippen LogP contribution in [0.25, 0.3) is 0 Å². The molecule has 1 aliphatic heterocycles. The Morgan fingerprint density at radius 1 is 1.43 bits per heavy atom. The van der Waals surface area contributed by atoms with Gasteiger partial charge < -0.3 is 15.0 Å². The second-order valence-electron chi connectivity index (χ2n) is 5.53. The van der Waals surface area contributed by atoms with Gasteiger partial charge in [-0.1, -0.05) is 12.1 Å². The Bertz CT molecular complexity index is 539. The summed E-state index contributed by atoms with van der Waals surface area (Å²) in [7, 11) is 1.76. The van der Waals surface area contributed by atoms with Crippen LogP contribution < -0.4 is 5.32 Å². The zero-order valence-corrected chi connectivity index (χ0v) is 16.1. The summed E-state index contributed by atoms with van der Waals surface area (Å²) in [6, 6.07) is 9.73. The van der Waals surface area contributed by atoms with Gasteiger partial charge in [-0.2, -0.15) is 5.26 Å². The third-order valence-corrected chi connectivity index (χ3v) is 3.82. The second kappa shape index (κ2) is 10.4. The van der Waals surface area contributed by atoms with Crippen LogP contribution >= 0.6 is 24.0 Å². The third-order valence-electron chi connectivity index (χ3n) is 3.82. The van der Waals surface area contributed by atoms with Gasteiger partial charge in [0.15, 0.2) is 5.96 Å². The summed E-state index contributed by atoms with van der Waals surface area (Å²) in [5.41, 5.74) is 1.80. The molecule has 5 nitrogen and oxygen atoms in total. The highest BCUT2D eigenvalue weighted by molar-refractivity contribution is 14.0. The number of benzene rings is 1. The van der Waals surface area contributed by atoms with E-state index in [0.717, 1.165) is 44.2 Å². The summed E-state index contributed by atoms with van der Waals surface area (Å²) >= 11 is 0. The van der Waals surface area contributed by atoms with Crippen LogP contribution in [-0.4, -0.2) is 44.2 Å². The summed E-state index contributed by atoms with van der Waals surface area (Å²) in [5, 5.41) is 12.2. The smallest absolute Gasteiger partial charge is 0.194 e. The molecule has 0 spiro atoms. The van der Waals surface area contributed by atoms with Crippen LogP contribution in [-0.2, 0) is 11.3 Å². The number of hydrogen-bond acceptors (Lipinski definition) is 3. The molecule has 1 atom stereocenters. The van der Waals surface area contributed by atoms with Gasteiger partial charge in [0.2, 0.25) is 0 Å². The van der Waals surface area contributed by atoms with Gasteiger partial charge in [-0.05, 0) is 31.0 Å². The largest absolute Gasteiger partial charge is 0.384 e. The molecule has 0 aliphatic carbocycles. The number of nitrogens with one attached hydrogen (secondary N) is 1. The van der Waals surface area contributed by atoms with Crippen molar-refractivity contribution in [2.24, 2.45) is 10.9 Å². The molecule has 1 unspecified atom stereocenters. The Morgan fingerprint density at radius 2 is 2.17 bits per heavy atom. The highest BCUT2D eigenvalue weighted by Gasteiger charge is 2.24. The summed E-state index contributed by atoms with van der Waals surface area (Å²) in [5.74, 6) is 1.55. The van der Waals surface area contributed by atoms with Gasteiger partial charge in [-0.25, -0.2) is 4.99 Å². The Hall–Kier alpha value is -1.33. The van der Waals surface area contributed by atoms with E-state index in [2.05, 4.69) is 23.2 Å². The van der Waals surface area contributed by atoms with Crippen LogP contribution in [0.5, 0.6) is 0 Å². The molecule has 0 amide bonds. The molecule has 2 rings (SSSR count). The fourth-order valence-electron chi connectivity index (χ4n) is 2.67. The second-order valence-corrected chi connectivity index (χ2v) is 5.53. The molecule has 1 fully saturated rings. The van der Waals surface area contributed by atoms with Crippen LogP contribution in [0, 0.1) is 17.2 Å². The SMILES string of the molecule is CCNC(=NCc1ccc(C#N)cc1)N1CCC(COC)C1.I. The van der Waals surface area contributed by atoms with Crippen molar-refractivity contribution < 1.29 is 4.74 Å². The molecule has 1 aliphatic rings. The number of rotatable bonds is 5. The monoisotopic (exact) mass is 428 g/mol. The maximum atomic E-state index is 8.82. The van der Waals surface area contributed by atoms with Gasteiger partial charge in [0.05, 0.1) is 24.8 Å². The van der Waals surface area contributed by atoms with Crippen LogP contribution in [0.15, 0.2) is 29.3 Å². The molecule has 0 radical (unpaired) electrons. The first-order valence-corrected chi connectivity index (χ1v) is 7.78. The Morgan fingerprint density at radius 3 is 2.78 bits per heavy atom. The van der Waals surface area contributed by atoms with E-state index < -0.39 is 0 Å². The van der Waals surface area contributed by atoms with Gasteiger partial charge in [-0.15, -0.1) is 24.0 Å². The van der Waals surface area contributed by atoms with Crippen molar-refractivity contribution in [3.05, 3.63) is 35.4 Å². The minimum absolute atomic E-state index is 0. The molecule has 0 aromatic heterocycles. The Balaban J connectivity index is 0.00000264. The van der Waals surface area contributed by atoms with E-state index in [1.54, 1.807) is 7.11 Å². The topological polar surface area (TPSA) is 60.7 Å². The summed E-state index contributed by atoms with van der Waals surface area (Å²) in [4.78, 5) is 7.03. The fraction of sp³-hybridized carbons (Fsp3) is 0.529. The first-order valence-electron chi connectivity index (χ1n) is 7.78. The molecule has 0 saturated carbocycles. The predicted molar refractivity (Wildman–Crippen MR) is 103 cm³/mol. The lowest BCUT2D eigenvalue weighted by molar-refractivity contribution is 0.157. The molecule has 126 valence electrons. The van der Waals surface area contributed by atoms with E-state index >= 15 is 0 Å². The fourth-order valence-corrected chi connectivity index (χ4v) is 2.67. The van der Waals surface area contributed by atoms with Crippen molar-refractivity contribution in [1.29, 1.82) is 5.26 Å². The third kappa shape index (κ3) is 5.99. The quantitative estimate of drug-likeness (QED) is 0.445. The average Bonchev–Trinajstić information content (AvgIpc) is 3.01. The Kier molecular flexibility index (Phi) is 8.95. The van der Waals surface area contributed by atoms with Gasteiger partial charge >= 0.3 is 0 Å². The van der Waals surface area contributed by atoms with E-state index in [1.807, 2.05) is 24.3 Å². The standard InChI is InChI=1S/C17H24N4O.HI/c1-3-19-17(21-9-8-16(12-21)13-22-2)20-11-15-6-4-14(10-18)5-7-15;/h4-7,16H,3,8-9,11-13H2,1-2H3,(H,19,20);1H. The molecule has 1 heterocycles. The van der Waals surface area contributed by atoms with Crippen LogP contribution in [0.2, 0.25) is 0 Å². The number of nitriles is 1. The highest BCUT2D eigenvalue weighted by Crippen LogP contribution is 2.16. The maximum Gasteiger partial charge on any atom is 0.194 e. The van der Waals surface area contributed by atoms with Crippen molar-refractivity contribution in [2.75, 3.05) is 33.4 Å². The molecule has 23 heavy (non-hydrogen) atoms. The average molecular weight is 428 g/mol.